The standard InChI is InChI=1S/C36H44Br2S2Si/c1-3-5-7-9-11-13-19-36(20-14-12-10-8-6-4-2)25-27(29-18-22-40-35(29)38)24-32-33(36)30-23-26(15-16-31(30)41-32)28-17-21-39-34(28)37/h15-18,21-25,41H,3-14,19-20H2,1-2H3. The van der Waals surface area contributed by atoms with Crippen LogP contribution in [0, 0.1) is 10.2 Å². The highest BCUT2D eigenvalue weighted by molar-refractivity contribution is 9.11. The molecule has 0 bridgehead atoms. The van der Waals surface area contributed by atoms with Crippen LogP contribution in [0.1, 0.15) is 109 Å². The first-order valence-corrected chi connectivity index (χ1v) is 20.3. The van der Waals surface area contributed by atoms with E-state index in [2.05, 4.69) is 99.0 Å². The smallest absolute Gasteiger partial charge is 0.0776 e. The number of thiophene rings is 2. The maximum Gasteiger partial charge on any atom is 0.0776 e. The monoisotopic (exact) mass is 726 g/mol. The molecule has 1 aromatic carbocycles. The number of halogens is 2. The third kappa shape index (κ3) is 7.45. The van der Waals surface area contributed by atoms with Crippen LogP contribution in [0.4, 0.5) is 0 Å². The quantitative estimate of drug-likeness (QED) is 0.102. The number of benzene rings is 1. The number of rotatable bonds is 16. The van der Waals surface area contributed by atoms with Crippen LogP contribution in [0.3, 0.4) is 0 Å². The molecule has 0 atom stereocenters. The fourth-order valence-electron chi connectivity index (χ4n) is 6.83. The van der Waals surface area contributed by atoms with Crippen LogP contribution < -0.4 is 5.22 Å². The summed E-state index contributed by atoms with van der Waals surface area (Å²) in [6.07, 6.45) is 24.1. The van der Waals surface area contributed by atoms with Gasteiger partial charge in [-0.3, -0.25) is 0 Å². The Morgan fingerprint density at radius 2 is 1.29 bits per heavy atom. The minimum absolute atomic E-state index is 0.116. The maximum absolute atomic E-state index is 3.90. The second-order valence-electron chi connectivity index (χ2n) is 11.9. The van der Waals surface area contributed by atoms with Gasteiger partial charge in [-0.2, -0.15) is 0 Å². The Hall–Kier alpha value is -0.853. The number of allylic oxidation sites excluding steroid dienone is 4. The molecule has 0 fully saturated rings. The highest BCUT2D eigenvalue weighted by Crippen LogP contribution is 2.51. The summed E-state index contributed by atoms with van der Waals surface area (Å²) in [5.74, 6) is 0. The minimum Gasteiger partial charge on any atom is -0.136 e. The second-order valence-corrected chi connectivity index (χ2v) is 17.9. The van der Waals surface area contributed by atoms with E-state index in [1.54, 1.807) is 32.1 Å². The molecule has 1 aliphatic heterocycles. The SMILES string of the molecule is CCCCCCCCC1(CCCCCCCC)C=C(c2ccsc2Br)C=C2[SiH]=c3ccc(-c4ccsc4Br)cc3=C21. The van der Waals surface area contributed by atoms with Crippen molar-refractivity contribution in [3.63, 3.8) is 0 Å². The van der Waals surface area contributed by atoms with Crippen molar-refractivity contribution in [3.05, 3.63) is 81.6 Å². The molecule has 0 saturated carbocycles. The summed E-state index contributed by atoms with van der Waals surface area (Å²) < 4.78 is 2.51. The minimum atomic E-state index is 0.116. The molecule has 2 aromatic heterocycles. The Balaban J connectivity index is 1.58. The molecular formula is C36H44Br2S2Si. The van der Waals surface area contributed by atoms with Crippen LogP contribution in [-0.2, 0) is 0 Å². The molecule has 0 nitrogen and oxygen atoms in total. The Morgan fingerprint density at radius 1 is 0.707 bits per heavy atom. The van der Waals surface area contributed by atoms with Gasteiger partial charge in [0.25, 0.3) is 0 Å². The predicted octanol–water partition coefficient (Wildman–Crippen LogP) is 12.3. The lowest BCUT2D eigenvalue weighted by Crippen LogP contribution is -2.28. The van der Waals surface area contributed by atoms with Gasteiger partial charge in [0.15, 0.2) is 0 Å². The lowest BCUT2D eigenvalue weighted by atomic mass is 9.67. The van der Waals surface area contributed by atoms with E-state index in [-0.39, 0.29) is 14.5 Å². The van der Waals surface area contributed by atoms with Gasteiger partial charge < -0.3 is 0 Å². The fourth-order valence-corrected chi connectivity index (χ4v) is 11.2. The van der Waals surface area contributed by atoms with E-state index >= 15 is 0 Å². The summed E-state index contributed by atoms with van der Waals surface area (Å²) in [6, 6.07) is 12.0. The lowest BCUT2D eigenvalue weighted by molar-refractivity contribution is 0.383. The van der Waals surface area contributed by atoms with Gasteiger partial charge in [-0.25, -0.2) is 0 Å². The van der Waals surface area contributed by atoms with Crippen molar-refractivity contribution in [1.29, 1.82) is 0 Å². The van der Waals surface area contributed by atoms with Gasteiger partial charge >= 0.3 is 0 Å². The number of hydrogen-bond donors (Lipinski definition) is 0. The van der Waals surface area contributed by atoms with Crippen LogP contribution in [0.5, 0.6) is 0 Å². The molecule has 3 aromatic rings. The van der Waals surface area contributed by atoms with Crippen LogP contribution in [0.2, 0.25) is 0 Å². The molecule has 3 heterocycles. The average molecular weight is 729 g/mol. The Kier molecular flexibility index (Phi) is 11.7. The van der Waals surface area contributed by atoms with E-state index in [9.17, 15) is 0 Å². The Labute approximate surface area is 274 Å². The maximum atomic E-state index is 3.90. The summed E-state index contributed by atoms with van der Waals surface area (Å²) in [6.45, 7) is 4.64. The van der Waals surface area contributed by atoms with Gasteiger partial charge in [-0.15, -0.1) is 22.7 Å². The molecule has 5 rings (SSSR count). The average Bonchev–Trinajstić information content (AvgIpc) is 3.70. The molecule has 218 valence electrons. The van der Waals surface area contributed by atoms with E-state index in [1.165, 1.54) is 120 Å². The van der Waals surface area contributed by atoms with E-state index < -0.39 is 0 Å². The molecule has 0 radical (unpaired) electrons. The second kappa shape index (κ2) is 15.2. The summed E-state index contributed by atoms with van der Waals surface area (Å²) >= 11 is 11.3. The molecule has 0 spiro atoms. The van der Waals surface area contributed by atoms with Crippen LogP contribution in [0.25, 0.3) is 22.3 Å². The largest absolute Gasteiger partial charge is 0.136 e. The highest BCUT2D eigenvalue weighted by Gasteiger charge is 2.38. The van der Waals surface area contributed by atoms with Crippen molar-refractivity contribution in [2.75, 3.05) is 0 Å². The number of hydrogen-bond acceptors (Lipinski definition) is 2. The lowest BCUT2D eigenvalue weighted by Gasteiger charge is -2.38. The van der Waals surface area contributed by atoms with Gasteiger partial charge in [0.05, 0.1) is 7.57 Å². The molecule has 41 heavy (non-hydrogen) atoms. The van der Waals surface area contributed by atoms with Crippen molar-refractivity contribution in [2.45, 2.75) is 104 Å². The zero-order valence-corrected chi connectivity index (χ0v) is 30.7. The molecule has 0 unspecified atom stereocenters. The Bertz CT molecular complexity index is 1490. The fraction of sp³-hybridized carbons (Fsp3) is 0.472. The van der Waals surface area contributed by atoms with E-state index in [4.69, 9.17) is 0 Å². The molecule has 5 heteroatoms. The van der Waals surface area contributed by atoms with Crippen molar-refractivity contribution in [3.8, 4) is 11.1 Å². The van der Waals surface area contributed by atoms with E-state index in [1.807, 2.05) is 11.3 Å². The van der Waals surface area contributed by atoms with Gasteiger partial charge in [0.2, 0.25) is 0 Å². The molecule has 1 aliphatic carbocycles. The summed E-state index contributed by atoms with van der Waals surface area (Å²) in [4.78, 5) is 1.59. The first-order valence-electron chi connectivity index (χ1n) is 15.8. The van der Waals surface area contributed by atoms with Gasteiger partial charge in [-0.1, -0.05) is 115 Å². The van der Waals surface area contributed by atoms with Crippen LogP contribution >= 0.6 is 54.5 Å². The summed E-state index contributed by atoms with van der Waals surface area (Å²) in [5.41, 5.74) is 7.34. The van der Waals surface area contributed by atoms with Crippen molar-refractivity contribution >= 4 is 74.8 Å². The molecule has 0 saturated heterocycles. The Morgan fingerprint density at radius 3 is 1.88 bits per heavy atom. The third-order valence-corrected chi connectivity index (χ3v) is 13.9. The predicted molar refractivity (Wildman–Crippen MR) is 193 cm³/mol. The third-order valence-electron chi connectivity index (χ3n) is 8.97. The van der Waals surface area contributed by atoms with Crippen molar-refractivity contribution < 1.29 is 0 Å². The molecule has 2 aliphatic rings. The van der Waals surface area contributed by atoms with Gasteiger partial charge in [0, 0.05) is 25.7 Å². The highest BCUT2D eigenvalue weighted by atomic mass is 79.9. The topological polar surface area (TPSA) is 0 Å². The summed E-state index contributed by atoms with van der Waals surface area (Å²) in [7, 11) is 0.116. The van der Waals surface area contributed by atoms with Crippen molar-refractivity contribution in [2.24, 2.45) is 5.41 Å². The van der Waals surface area contributed by atoms with E-state index in [0.717, 1.165) is 0 Å². The van der Waals surface area contributed by atoms with Crippen LogP contribution in [-0.4, -0.2) is 9.13 Å². The van der Waals surface area contributed by atoms with E-state index in [0.29, 0.717) is 0 Å². The molecule has 0 N–H and O–H groups in total. The summed E-state index contributed by atoms with van der Waals surface area (Å²) in [5, 5.41) is 7.64. The van der Waals surface area contributed by atoms with Crippen LogP contribution in [0.15, 0.2) is 66.0 Å². The van der Waals surface area contributed by atoms with Gasteiger partial charge in [0.1, 0.15) is 0 Å². The zero-order chi connectivity index (χ0) is 28.7. The molecule has 0 amide bonds. The number of fused-ring (bicyclic) bond motifs is 2. The first kappa shape index (κ1) is 31.6. The van der Waals surface area contributed by atoms with Crippen molar-refractivity contribution in [1.82, 2.24) is 0 Å². The number of unbranched alkanes of at least 4 members (excludes halogenated alkanes) is 10. The first-order chi connectivity index (χ1) is 20.1. The zero-order valence-electron chi connectivity index (χ0n) is 24.7. The normalized spacial score (nSPS) is 15.4. The van der Waals surface area contributed by atoms with Gasteiger partial charge in [-0.05, 0) is 106 Å². The molecular weight excluding hydrogens is 684 g/mol.